The van der Waals surface area contributed by atoms with Crippen molar-refractivity contribution < 1.29 is 9.59 Å². The Morgan fingerprint density at radius 2 is 1.69 bits per heavy atom. The zero-order chi connectivity index (χ0) is 20.1. The maximum absolute atomic E-state index is 13.0. The molecule has 1 aromatic heterocycles. The number of benzene rings is 2. The summed E-state index contributed by atoms with van der Waals surface area (Å²) >= 11 is 0. The lowest BCUT2D eigenvalue weighted by Gasteiger charge is -2.21. The molecule has 4 heteroatoms. The third-order valence-electron chi connectivity index (χ3n) is 6.34. The number of aryl methyl sites for hydroxylation is 1. The fraction of sp³-hybridized carbons (Fsp3) is 0.200. The van der Waals surface area contributed by atoms with Crippen molar-refractivity contribution in [2.45, 2.75) is 32.1 Å². The van der Waals surface area contributed by atoms with E-state index in [0.29, 0.717) is 6.42 Å². The van der Waals surface area contributed by atoms with E-state index in [9.17, 15) is 9.59 Å². The molecular formula is C25H22N2O2. The maximum Gasteiger partial charge on any atom is 0.232 e. The molecule has 2 aromatic carbocycles. The van der Waals surface area contributed by atoms with Crippen LogP contribution in [-0.2, 0) is 16.0 Å². The zero-order valence-electron chi connectivity index (χ0n) is 16.5. The first-order valence-corrected chi connectivity index (χ1v) is 9.92. The Morgan fingerprint density at radius 3 is 2.48 bits per heavy atom. The molecule has 2 N–H and O–H groups in total. The summed E-state index contributed by atoms with van der Waals surface area (Å²) in [7, 11) is 0. The molecular weight excluding hydrogens is 360 g/mol. The lowest BCUT2D eigenvalue weighted by atomic mass is 9.80. The van der Waals surface area contributed by atoms with E-state index in [1.54, 1.807) is 0 Å². The average Bonchev–Trinajstić information content (AvgIpc) is 3.33. The first-order valence-electron chi connectivity index (χ1n) is 9.92. The molecule has 5 rings (SSSR count). The van der Waals surface area contributed by atoms with Gasteiger partial charge in [0, 0.05) is 35.5 Å². The van der Waals surface area contributed by atoms with Gasteiger partial charge in [0.2, 0.25) is 5.91 Å². The number of aldehydes is 1. The monoisotopic (exact) mass is 382 g/mol. The van der Waals surface area contributed by atoms with Gasteiger partial charge < -0.3 is 15.1 Å². The molecule has 2 aliphatic rings. The van der Waals surface area contributed by atoms with E-state index in [4.69, 9.17) is 0 Å². The summed E-state index contributed by atoms with van der Waals surface area (Å²) in [5.41, 5.74) is 9.64. The van der Waals surface area contributed by atoms with E-state index in [2.05, 4.69) is 29.4 Å². The van der Waals surface area contributed by atoms with E-state index in [1.165, 1.54) is 5.56 Å². The minimum atomic E-state index is -0.254. The number of aromatic nitrogens is 1. The number of aromatic amines is 1. The van der Waals surface area contributed by atoms with E-state index >= 15 is 0 Å². The first-order chi connectivity index (χ1) is 14.1. The number of carbonyl (C=O) groups is 2. The van der Waals surface area contributed by atoms with Gasteiger partial charge in [-0.25, -0.2) is 0 Å². The second-order valence-corrected chi connectivity index (χ2v) is 7.87. The standard InChI is InChI=1S/C25H22N2O2/c1-14-13-26-24(16(14)11-12-28)22-15(2)21(17-7-3-4-8-18(17)22)23-19-9-5-6-10-20(19)27-25(23)29/h3-10,12-13,21,23,26H,11H2,1-2H3,(H,27,29). The van der Waals surface area contributed by atoms with Gasteiger partial charge in [-0.3, -0.25) is 4.79 Å². The smallest absolute Gasteiger partial charge is 0.232 e. The van der Waals surface area contributed by atoms with Crippen molar-refractivity contribution in [1.29, 1.82) is 0 Å². The number of allylic oxidation sites excluding steroid dienone is 1. The number of anilines is 1. The number of hydrogen-bond acceptors (Lipinski definition) is 2. The third-order valence-corrected chi connectivity index (χ3v) is 6.34. The van der Waals surface area contributed by atoms with Gasteiger partial charge >= 0.3 is 0 Å². The van der Waals surface area contributed by atoms with Crippen LogP contribution < -0.4 is 5.32 Å². The van der Waals surface area contributed by atoms with Gasteiger partial charge in [0.15, 0.2) is 0 Å². The molecule has 1 aliphatic heterocycles. The highest BCUT2D eigenvalue weighted by Crippen LogP contribution is 2.53. The highest BCUT2D eigenvalue weighted by atomic mass is 16.2. The lowest BCUT2D eigenvalue weighted by Crippen LogP contribution is -2.19. The second kappa shape index (κ2) is 6.59. The molecule has 2 heterocycles. The third kappa shape index (κ3) is 2.52. The predicted molar refractivity (Wildman–Crippen MR) is 114 cm³/mol. The van der Waals surface area contributed by atoms with Crippen LogP contribution in [0.3, 0.4) is 0 Å². The SMILES string of the molecule is CC1=C(c2[nH]cc(C)c2CC=O)c2ccccc2C1C1C(=O)Nc2ccccc21. The Labute approximate surface area is 169 Å². The van der Waals surface area contributed by atoms with Crippen molar-refractivity contribution in [3.05, 3.63) is 93.8 Å². The molecule has 2 atom stereocenters. The molecule has 0 saturated carbocycles. The molecule has 3 aromatic rings. The van der Waals surface area contributed by atoms with Gasteiger partial charge in [-0.15, -0.1) is 0 Å². The van der Waals surface area contributed by atoms with Gasteiger partial charge in [-0.1, -0.05) is 48.0 Å². The molecule has 0 spiro atoms. The quantitative estimate of drug-likeness (QED) is 0.642. The van der Waals surface area contributed by atoms with Crippen LogP contribution in [0.5, 0.6) is 0 Å². The van der Waals surface area contributed by atoms with Crippen molar-refractivity contribution in [2.24, 2.45) is 0 Å². The van der Waals surface area contributed by atoms with Crippen molar-refractivity contribution in [3.63, 3.8) is 0 Å². The fourth-order valence-electron chi connectivity index (χ4n) is 5.04. The molecule has 144 valence electrons. The van der Waals surface area contributed by atoms with Crippen LogP contribution in [0.25, 0.3) is 5.57 Å². The van der Waals surface area contributed by atoms with E-state index < -0.39 is 0 Å². The molecule has 0 radical (unpaired) electrons. The Hall–Kier alpha value is -3.40. The minimum absolute atomic E-state index is 0.0301. The van der Waals surface area contributed by atoms with Crippen LogP contribution in [0.15, 0.2) is 60.3 Å². The van der Waals surface area contributed by atoms with Gasteiger partial charge in [-0.05, 0) is 47.7 Å². The van der Waals surface area contributed by atoms with E-state index in [1.807, 2.05) is 49.5 Å². The number of hydrogen-bond donors (Lipinski definition) is 2. The zero-order valence-corrected chi connectivity index (χ0v) is 16.5. The highest BCUT2D eigenvalue weighted by Gasteiger charge is 2.43. The van der Waals surface area contributed by atoms with Crippen LogP contribution in [0.1, 0.15) is 52.3 Å². The number of H-pyrrole nitrogens is 1. The van der Waals surface area contributed by atoms with Crippen molar-refractivity contribution >= 4 is 23.5 Å². The Bertz CT molecular complexity index is 1190. The predicted octanol–water partition coefficient (Wildman–Crippen LogP) is 4.72. The molecule has 1 aliphatic carbocycles. The Morgan fingerprint density at radius 1 is 0.966 bits per heavy atom. The normalized spacial score (nSPS) is 19.9. The van der Waals surface area contributed by atoms with Crippen molar-refractivity contribution in [3.8, 4) is 0 Å². The number of carbonyl (C=O) groups excluding carboxylic acids is 2. The van der Waals surface area contributed by atoms with E-state index in [0.717, 1.165) is 51.1 Å². The van der Waals surface area contributed by atoms with E-state index in [-0.39, 0.29) is 17.7 Å². The summed E-state index contributed by atoms with van der Waals surface area (Å²) in [5, 5.41) is 3.05. The van der Waals surface area contributed by atoms with Crippen LogP contribution in [0.4, 0.5) is 5.69 Å². The number of nitrogens with one attached hydrogen (secondary N) is 2. The second-order valence-electron chi connectivity index (χ2n) is 7.87. The van der Waals surface area contributed by atoms with Crippen LogP contribution in [0.2, 0.25) is 0 Å². The summed E-state index contributed by atoms with van der Waals surface area (Å²) in [4.78, 5) is 27.7. The molecule has 29 heavy (non-hydrogen) atoms. The lowest BCUT2D eigenvalue weighted by molar-refractivity contribution is -0.117. The summed E-state index contributed by atoms with van der Waals surface area (Å²) < 4.78 is 0. The molecule has 4 nitrogen and oxygen atoms in total. The summed E-state index contributed by atoms with van der Waals surface area (Å²) in [6, 6.07) is 16.3. The van der Waals surface area contributed by atoms with Gasteiger partial charge in [0.1, 0.15) is 6.29 Å². The Kier molecular flexibility index (Phi) is 4.02. The Balaban J connectivity index is 1.73. The maximum atomic E-state index is 13.0. The molecule has 0 saturated heterocycles. The number of para-hydroxylation sites is 1. The average molecular weight is 382 g/mol. The van der Waals surface area contributed by atoms with Gasteiger partial charge in [0.25, 0.3) is 0 Å². The first kappa shape index (κ1) is 17.7. The summed E-state index contributed by atoms with van der Waals surface area (Å²) in [6.07, 6.45) is 3.29. The topological polar surface area (TPSA) is 62.0 Å². The number of fused-ring (bicyclic) bond motifs is 2. The number of amides is 1. The highest BCUT2D eigenvalue weighted by molar-refractivity contribution is 6.05. The summed E-state index contributed by atoms with van der Waals surface area (Å²) in [5.74, 6) is -0.240. The fourth-order valence-corrected chi connectivity index (χ4v) is 5.04. The summed E-state index contributed by atoms with van der Waals surface area (Å²) in [6.45, 7) is 4.14. The van der Waals surface area contributed by atoms with Crippen molar-refractivity contribution in [2.75, 3.05) is 5.32 Å². The molecule has 0 fully saturated rings. The largest absolute Gasteiger partial charge is 0.361 e. The minimum Gasteiger partial charge on any atom is -0.361 e. The van der Waals surface area contributed by atoms with Crippen LogP contribution in [-0.4, -0.2) is 17.2 Å². The number of rotatable bonds is 4. The molecule has 2 unspecified atom stereocenters. The van der Waals surface area contributed by atoms with Gasteiger partial charge in [0.05, 0.1) is 5.92 Å². The van der Waals surface area contributed by atoms with Crippen LogP contribution in [0, 0.1) is 6.92 Å². The molecule has 1 amide bonds. The molecule has 0 bridgehead atoms. The van der Waals surface area contributed by atoms with Crippen molar-refractivity contribution in [1.82, 2.24) is 4.98 Å². The van der Waals surface area contributed by atoms with Gasteiger partial charge in [-0.2, -0.15) is 0 Å². The van der Waals surface area contributed by atoms with Crippen LogP contribution >= 0.6 is 0 Å².